The Morgan fingerprint density at radius 1 is 1.31 bits per heavy atom. The predicted molar refractivity (Wildman–Crippen MR) is 94.7 cm³/mol. The number of ether oxygens (including phenoxy) is 1. The Bertz CT molecular complexity index is 857. The van der Waals surface area contributed by atoms with Crippen molar-refractivity contribution in [2.45, 2.75) is 26.3 Å². The third kappa shape index (κ3) is 3.77. The Kier molecular flexibility index (Phi) is 5.36. The summed E-state index contributed by atoms with van der Waals surface area (Å²) in [4.78, 5) is 16.8. The number of benzene rings is 1. The van der Waals surface area contributed by atoms with Gasteiger partial charge in [-0.3, -0.25) is 4.79 Å². The molecular weight excluding hydrogens is 334 g/mol. The molecule has 0 radical (unpaired) electrons. The van der Waals surface area contributed by atoms with Gasteiger partial charge in [0.2, 0.25) is 11.7 Å². The van der Waals surface area contributed by atoms with E-state index < -0.39 is 6.04 Å². The van der Waals surface area contributed by atoms with Gasteiger partial charge in [-0.25, -0.2) is 0 Å². The molecule has 0 aliphatic rings. The van der Waals surface area contributed by atoms with E-state index in [0.29, 0.717) is 17.5 Å². The maximum absolute atomic E-state index is 12.4. The van der Waals surface area contributed by atoms with Gasteiger partial charge >= 0.3 is 0 Å². The smallest absolute Gasteiger partial charge is 0.287 e. The summed E-state index contributed by atoms with van der Waals surface area (Å²) in [5.74, 6) is 1.54. The highest BCUT2D eigenvalue weighted by molar-refractivity contribution is 5.91. The van der Waals surface area contributed by atoms with E-state index in [9.17, 15) is 4.79 Å². The maximum atomic E-state index is 12.4. The van der Waals surface area contributed by atoms with Gasteiger partial charge in [0.25, 0.3) is 5.91 Å². The first-order valence-corrected chi connectivity index (χ1v) is 8.44. The zero-order chi connectivity index (χ0) is 18.5. The molecule has 2 atom stereocenters. The van der Waals surface area contributed by atoms with Crippen LogP contribution in [0, 0.1) is 5.92 Å². The number of nitrogens with zero attached hydrogens (tertiary/aromatic N) is 2. The Labute approximate surface area is 151 Å². The van der Waals surface area contributed by atoms with E-state index in [1.54, 1.807) is 19.2 Å². The molecule has 0 bridgehead atoms. The number of hydrogen-bond acceptors (Lipinski definition) is 6. The third-order valence-corrected chi connectivity index (χ3v) is 4.28. The molecule has 0 aliphatic heterocycles. The third-order valence-electron chi connectivity index (χ3n) is 4.28. The van der Waals surface area contributed by atoms with E-state index >= 15 is 0 Å². The second-order valence-electron chi connectivity index (χ2n) is 6.00. The molecular formula is C19H21N3O4. The first kappa shape index (κ1) is 17.7. The molecule has 0 fully saturated rings. The van der Waals surface area contributed by atoms with Crippen LogP contribution in [0.15, 0.2) is 51.6 Å². The van der Waals surface area contributed by atoms with Crippen LogP contribution < -0.4 is 10.1 Å². The minimum absolute atomic E-state index is 0.104. The predicted octanol–water partition coefficient (Wildman–Crippen LogP) is 3.86. The van der Waals surface area contributed by atoms with E-state index in [4.69, 9.17) is 13.7 Å². The van der Waals surface area contributed by atoms with Gasteiger partial charge in [-0.15, -0.1) is 0 Å². The number of amides is 1. The van der Waals surface area contributed by atoms with E-state index in [1.807, 2.05) is 38.1 Å². The number of nitrogens with one attached hydrogen (secondary N) is 1. The lowest BCUT2D eigenvalue weighted by molar-refractivity contribution is 0.0882. The topological polar surface area (TPSA) is 90.4 Å². The van der Waals surface area contributed by atoms with Gasteiger partial charge in [0.15, 0.2) is 5.76 Å². The highest BCUT2D eigenvalue weighted by atomic mass is 16.5. The number of carbonyl (C=O) groups excluding carboxylic acids is 1. The number of aromatic nitrogens is 2. The summed E-state index contributed by atoms with van der Waals surface area (Å²) < 4.78 is 15.8. The summed E-state index contributed by atoms with van der Waals surface area (Å²) in [6, 6.07) is 10.3. The molecule has 136 valence electrons. The van der Waals surface area contributed by atoms with Crippen LogP contribution in [-0.2, 0) is 0 Å². The van der Waals surface area contributed by atoms with Crippen LogP contribution in [0.3, 0.4) is 0 Å². The second-order valence-corrected chi connectivity index (χ2v) is 6.00. The molecule has 0 saturated heterocycles. The molecule has 2 aromatic heterocycles. The highest BCUT2D eigenvalue weighted by Gasteiger charge is 2.27. The summed E-state index contributed by atoms with van der Waals surface area (Å²) in [6.45, 7) is 4.05. The number of carbonyl (C=O) groups is 1. The van der Waals surface area contributed by atoms with Crippen molar-refractivity contribution < 1.29 is 18.5 Å². The lowest BCUT2D eigenvalue weighted by Crippen LogP contribution is -2.32. The van der Waals surface area contributed by atoms with Crippen molar-refractivity contribution in [2.75, 3.05) is 7.11 Å². The fourth-order valence-corrected chi connectivity index (χ4v) is 2.54. The van der Waals surface area contributed by atoms with Gasteiger partial charge in [-0.1, -0.05) is 37.6 Å². The van der Waals surface area contributed by atoms with Crippen molar-refractivity contribution in [1.29, 1.82) is 0 Å². The largest absolute Gasteiger partial charge is 0.497 e. The zero-order valence-electron chi connectivity index (χ0n) is 14.9. The van der Waals surface area contributed by atoms with Crippen molar-refractivity contribution in [3.63, 3.8) is 0 Å². The van der Waals surface area contributed by atoms with Crippen molar-refractivity contribution in [3.05, 3.63) is 54.3 Å². The lowest BCUT2D eigenvalue weighted by Gasteiger charge is -2.20. The zero-order valence-corrected chi connectivity index (χ0v) is 14.9. The number of furan rings is 1. The first-order valence-electron chi connectivity index (χ1n) is 8.44. The molecule has 0 spiro atoms. The van der Waals surface area contributed by atoms with E-state index in [-0.39, 0.29) is 17.6 Å². The van der Waals surface area contributed by atoms with Gasteiger partial charge in [-0.2, -0.15) is 4.98 Å². The quantitative estimate of drug-likeness (QED) is 0.692. The molecule has 7 nitrogen and oxygen atoms in total. The lowest BCUT2D eigenvalue weighted by atomic mass is 9.99. The van der Waals surface area contributed by atoms with E-state index in [2.05, 4.69) is 15.5 Å². The summed E-state index contributed by atoms with van der Waals surface area (Å²) in [5, 5.41) is 6.97. The average molecular weight is 355 g/mol. The number of methoxy groups -OCH3 is 1. The first-order chi connectivity index (χ1) is 12.6. The van der Waals surface area contributed by atoms with Crippen LogP contribution in [-0.4, -0.2) is 23.2 Å². The molecule has 1 aromatic carbocycles. The molecule has 0 saturated carbocycles. The molecule has 1 N–H and O–H groups in total. The molecule has 1 amide bonds. The molecule has 3 rings (SSSR count). The van der Waals surface area contributed by atoms with Crippen molar-refractivity contribution in [2.24, 2.45) is 5.92 Å². The van der Waals surface area contributed by atoms with Crippen LogP contribution in [0.25, 0.3) is 11.4 Å². The summed E-state index contributed by atoms with van der Waals surface area (Å²) in [5.41, 5.74) is 0.777. The van der Waals surface area contributed by atoms with Crippen molar-refractivity contribution in [3.8, 4) is 17.1 Å². The standard InChI is InChI=1S/C19H21N3O4/c1-4-12(2)16(20-18(23)15-9-6-10-25-15)19-21-17(22-26-19)13-7-5-8-14(11-13)24-3/h5-12,16H,4H2,1-3H3,(H,20,23). The van der Waals surface area contributed by atoms with Gasteiger partial charge in [0.1, 0.15) is 11.8 Å². The molecule has 2 unspecified atom stereocenters. The van der Waals surface area contributed by atoms with Crippen molar-refractivity contribution >= 4 is 5.91 Å². The van der Waals surface area contributed by atoms with Gasteiger partial charge in [0, 0.05) is 5.56 Å². The van der Waals surface area contributed by atoms with Crippen LogP contribution in [0.4, 0.5) is 0 Å². The average Bonchev–Trinajstić information content (AvgIpc) is 3.37. The summed E-state index contributed by atoms with van der Waals surface area (Å²) >= 11 is 0. The maximum Gasteiger partial charge on any atom is 0.287 e. The second kappa shape index (κ2) is 7.86. The minimum atomic E-state index is -0.413. The Morgan fingerprint density at radius 2 is 2.15 bits per heavy atom. The Hall–Kier alpha value is -3.09. The number of hydrogen-bond donors (Lipinski definition) is 1. The Balaban J connectivity index is 1.85. The molecule has 0 aliphatic carbocycles. The van der Waals surface area contributed by atoms with E-state index in [1.165, 1.54) is 6.26 Å². The fourth-order valence-electron chi connectivity index (χ4n) is 2.54. The number of rotatable bonds is 7. The SMILES string of the molecule is CCC(C)C(NC(=O)c1ccco1)c1nc(-c2cccc(OC)c2)no1. The monoisotopic (exact) mass is 355 g/mol. The highest BCUT2D eigenvalue weighted by Crippen LogP contribution is 2.27. The van der Waals surface area contributed by atoms with E-state index in [0.717, 1.165) is 12.0 Å². The minimum Gasteiger partial charge on any atom is -0.497 e. The van der Waals surface area contributed by atoms with Gasteiger partial charge in [0.05, 0.1) is 13.4 Å². The van der Waals surface area contributed by atoms with Crippen LogP contribution >= 0.6 is 0 Å². The fraction of sp³-hybridized carbons (Fsp3) is 0.316. The summed E-state index contributed by atoms with van der Waals surface area (Å²) in [7, 11) is 1.60. The van der Waals surface area contributed by atoms with Gasteiger partial charge in [-0.05, 0) is 30.2 Å². The normalized spacial score (nSPS) is 13.2. The van der Waals surface area contributed by atoms with Gasteiger partial charge < -0.3 is 19.0 Å². The molecule has 2 heterocycles. The molecule has 26 heavy (non-hydrogen) atoms. The molecule has 7 heteroatoms. The van der Waals surface area contributed by atoms with Crippen LogP contribution in [0.1, 0.15) is 42.8 Å². The van der Waals surface area contributed by atoms with Crippen molar-refractivity contribution in [1.82, 2.24) is 15.5 Å². The molecule has 3 aromatic rings. The van der Waals surface area contributed by atoms with Crippen LogP contribution in [0.2, 0.25) is 0 Å². The summed E-state index contributed by atoms with van der Waals surface area (Å²) in [6.07, 6.45) is 2.29. The Morgan fingerprint density at radius 3 is 2.85 bits per heavy atom. The van der Waals surface area contributed by atoms with Crippen LogP contribution in [0.5, 0.6) is 5.75 Å².